The number of carbonyl (C=O) groups is 1. The lowest BCUT2D eigenvalue weighted by molar-refractivity contribution is 0.102. The van der Waals surface area contributed by atoms with Gasteiger partial charge in [0.1, 0.15) is 11.3 Å². The van der Waals surface area contributed by atoms with Crippen LogP contribution in [-0.4, -0.2) is 30.6 Å². The summed E-state index contributed by atoms with van der Waals surface area (Å²) >= 11 is 0. The topological polar surface area (TPSA) is 97.6 Å². The van der Waals surface area contributed by atoms with Gasteiger partial charge in [0.15, 0.2) is 5.65 Å². The van der Waals surface area contributed by atoms with Crippen LogP contribution < -0.4 is 10.6 Å². The molecule has 1 aliphatic carbocycles. The first kappa shape index (κ1) is 20.1. The summed E-state index contributed by atoms with van der Waals surface area (Å²) < 4.78 is 2.00. The lowest BCUT2D eigenvalue weighted by atomic mass is 9.93. The highest BCUT2D eigenvalue weighted by Crippen LogP contribution is 2.33. The Hall–Kier alpha value is -3.81. The van der Waals surface area contributed by atoms with Gasteiger partial charge in [-0.25, -0.2) is 14.6 Å². The predicted molar refractivity (Wildman–Crippen MR) is 124 cm³/mol. The van der Waals surface area contributed by atoms with Crippen molar-refractivity contribution < 1.29 is 4.79 Å². The van der Waals surface area contributed by atoms with Gasteiger partial charge in [-0.15, -0.1) is 0 Å². The lowest BCUT2D eigenvalue weighted by Gasteiger charge is -2.25. The van der Waals surface area contributed by atoms with Crippen molar-refractivity contribution in [3.63, 3.8) is 0 Å². The maximum absolute atomic E-state index is 12.6. The lowest BCUT2D eigenvalue weighted by Crippen LogP contribution is -2.18. The molecule has 0 saturated heterocycles. The maximum atomic E-state index is 12.6. The minimum absolute atomic E-state index is 0.0284. The van der Waals surface area contributed by atoms with Gasteiger partial charge in [-0.2, -0.15) is 5.10 Å². The van der Waals surface area contributed by atoms with E-state index in [1.165, 1.54) is 6.42 Å². The van der Waals surface area contributed by atoms with Crippen molar-refractivity contribution in [1.29, 1.82) is 0 Å². The third-order valence-corrected chi connectivity index (χ3v) is 5.87. The van der Waals surface area contributed by atoms with E-state index >= 15 is 0 Å². The van der Waals surface area contributed by atoms with Crippen molar-refractivity contribution in [1.82, 2.24) is 24.7 Å². The Morgan fingerprint density at radius 3 is 2.81 bits per heavy atom. The molecule has 0 bridgehead atoms. The van der Waals surface area contributed by atoms with E-state index in [9.17, 15) is 4.79 Å². The molecule has 0 unspecified atom stereocenters. The SMILES string of the molecule is Cc1cncc(C(=O)Nc2cccc([C@H](C)Nc3cnc4cnn(C5CCC5)c4n3)c2)c1. The van der Waals surface area contributed by atoms with Gasteiger partial charge in [0.05, 0.1) is 30.0 Å². The minimum atomic E-state index is -0.181. The van der Waals surface area contributed by atoms with E-state index in [0.29, 0.717) is 17.4 Å². The second kappa shape index (κ2) is 8.37. The number of fused-ring (bicyclic) bond motifs is 1. The summed E-state index contributed by atoms with van der Waals surface area (Å²) in [6.45, 7) is 3.97. The first-order chi connectivity index (χ1) is 15.6. The second-order valence-electron chi connectivity index (χ2n) is 8.33. The highest BCUT2D eigenvalue weighted by atomic mass is 16.1. The third kappa shape index (κ3) is 4.03. The number of amides is 1. The van der Waals surface area contributed by atoms with Gasteiger partial charge in [0.25, 0.3) is 5.91 Å². The molecular formula is C24H25N7O. The number of aromatic nitrogens is 5. The average molecular weight is 428 g/mol. The molecule has 162 valence electrons. The molecule has 3 aromatic heterocycles. The van der Waals surface area contributed by atoms with Gasteiger partial charge in [-0.1, -0.05) is 12.1 Å². The number of nitrogens with one attached hydrogen (secondary N) is 2. The van der Waals surface area contributed by atoms with Crippen molar-refractivity contribution >= 4 is 28.6 Å². The Kier molecular flexibility index (Phi) is 5.26. The first-order valence-corrected chi connectivity index (χ1v) is 10.9. The van der Waals surface area contributed by atoms with Gasteiger partial charge in [-0.3, -0.25) is 9.78 Å². The van der Waals surface area contributed by atoms with Crippen LogP contribution >= 0.6 is 0 Å². The Morgan fingerprint density at radius 1 is 1.16 bits per heavy atom. The molecule has 1 amide bonds. The van der Waals surface area contributed by atoms with E-state index in [-0.39, 0.29) is 11.9 Å². The van der Waals surface area contributed by atoms with Crippen LogP contribution in [0, 0.1) is 6.92 Å². The Balaban J connectivity index is 1.31. The maximum Gasteiger partial charge on any atom is 0.257 e. The zero-order valence-corrected chi connectivity index (χ0v) is 18.1. The highest BCUT2D eigenvalue weighted by Gasteiger charge is 2.23. The molecule has 2 N–H and O–H groups in total. The van der Waals surface area contributed by atoms with Crippen LogP contribution in [0.5, 0.6) is 0 Å². The number of benzene rings is 1. The first-order valence-electron chi connectivity index (χ1n) is 10.9. The molecular weight excluding hydrogens is 402 g/mol. The van der Waals surface area contributed by atoms with E-state index in [0.717, 1.165) is 40.8 Å². The van der Waals surface area contributed by atoms with Gasteiger partial charge in [0, 0.05) is 18.1 Å². The monoisotopic (exact) mass is 427 g/mol. The van der Waals surface area contributed by atoms with Crippen LogP contribution in [0.25, 0.3) is 11.2 Å². The van der Waals surface area contributed by atoms with Crippen molar-refractivity contribution in [3.05, 3.63) is 71.8 Å². The summed E-state index contributed by atoms with van der Waals surface area (Å²) in [4.78, 5) is 25.9. The molecule has 1 aliphatic rings. The molecule has 0 spiro atoms. The van der Waals surface area contributed by atoms with Crippen molar-refractivity contribution in [2.24, 2.45) is 0 Å². The summed E-state index contributed by atoms with van der Waals surface area (Å²) in [5.74, 6) is 0.519. The Bertz CT molecular complexity index is 1280. The van der Waals surface area contributed by atoms with Gasteiger partial charge in [-0.05, 0) is 62.4 Å². The second-order valence-corrected chi connectivity index (χ2v) is 8.33. The highest BCUT2D eigenvalue weighted by molar-refractivity contribution is 6.04. The zero-order chi connectivity index (χ0) is 22.1. The molecule has 5 rings (SSSR count). The third-order valence-electron chi connectivity index (χ3n) is 5.87. The van der Waals surface area contributed by atoms with Gasteiger partial charge >= 0.3 is 0 Å². The van der Waals surface area contributed by atoms with E-state index in [1.807, 2.05) is 41.9 Å². The Labute approximate surface area is 186 Å². The minimum Gasteiger partial charge on any atom is -0.362 e. The molecule has 32 heavy (non-hydrogen) atoms. The molecule has 1 fully saturated rings. The van der Waals surface area contributed by atoms with Crippen LogP contribution in [0.3, 0.4) is 0 Å². The smallest absolute Gasteiger partial charge is 0.257 e. The summed E-state index contributed by atoms with van der Waals surface area (Å²) in [6.07, 6.45) is 10.3. The number of hydrogen-bond acceptors (Lipinski definition) is 6. The van der Waals surface area contributed by atoms with E-state index in [2.05, 4.69) is 32.6 Å². The van der Waals surface area contributed by atoms with Crippen LogP contribution in [0.4, 0.5) is 11.5 Å². The predicted octanol–water partition coefficient (Wildman–Crippen LogP) is 4.68. The number of hydrogen-bond donors (Lipinski definition) is 2. The van der Waals surface area contributed by atoms with Gasteiger partial charge < -0.3 is 10.6 Å². The molecule has 0 aliphatic heterocycles. The fraction of sp³-hybridized carbons (Fsp3) is 0.292. The molecule has 4 aromatic rings. The number of carbonyl (C=O) groups excluding carboxylic acids is 1. The van der Waals surface area contributed by atoms with E-state index in [1.54, 1.807) is 24.8 Å². The quantitative estimate of drug-likeness (QED) is 0.464. The van der Waals surface area contributed by atoms with Crippen molar-refractivity contribution in [2.45, 2.75) is 45.2 Å². The zero-order valence-electron chi connectivity index (χ0n) is 18.1. The van der Waals surface area contributed by atoms with Crippen LogP contribution in [0.2, 0.25) is 0 Å². The van der Waals surface area contributed by atoms with E-state index in [4.69, 9.17) is 4.98 Å². The fourth-order valence-corrected chi connectivity index (χ4v) is 3.86. The van der Waals surface area contributed by atoms with Crippen LogP contribution in [0.15, 0.2) is 55.1 Å². The Morgan fingerprint density at radius 2 is 2.03 bits per heavy atom. The summed E-state index contributed by atoms with van der Waals surface area (Å²) in [5.41, 5.74) is 4.87. The summed E-state index contributed by atoms with van der Waals surface area (Å²) in [6, 6.07) is 10.0. The molecule has 3 heterocycles. The normalized spacial score (nSPS) is 14.7. The molecule has 1 atom stereocenters. The molecule has 8 heteroatoms. The van der Waals surface area contributed by atoms with Gasteiger partial charge in [0.2, 0.25) is 0 Å². The summed E-state index contributed by atoms with van der Waals surface area (Å²) in [5, 5.41) is 10.9. The average Bonchev–Trinajstić information content (AvgIpc) is 3.15. The molecule has 1 aromatic carbocycles. The molecule has 0 radical (unpaired) electrons. The van der Waals surface area contributed by atoms with Crippen molar-refractivity contribution in [2.75, 3.05) is 10.6 Å². The number of anilines is 2. The number of aryl methyl sites for hydroxylation is 1. The number of rotatable bonds is 6. The number of nitrogens with zero attached hydrogens (tertiary/aromatic N) is 5. The number of pyridine rings is 1. The van der Waals surface area contributed by atoms with Crippen LogP contribution in [0.1, 0.15) is 59.8 Å². The van der Waals surface area contributed by atoms with Crippen molar-refractivity contribution in [3.8, 4) is 0 Å². The fourth-order valence-electron chi connectivity index (χ4n) is 3.86. The van der Waals surface area contributed by atoms with E-state index < -0.39 is 0 Å². The largest absolute Gasteiger partial charge is 0.362 e. The molecule has 8 nitrogen and oxygen atoms in total. The standard InChI is InChI=1S/C24H25N7O/c1-15-9-18(12-25-11-15)24(32)29-19-6-3-5-17(10-19)16(2)28-22-14-26-21-13-27-31(23(21)30-22)20-7-4-8-20/h3,5-6,9-14,16,20H,4,7-8H2,1-2H3,(H,28,30)(H,29,32)/t16-/m0/s1. The van der Waals surface area contributed by atoms with Crippen LogP contribution in [-0.2, 0) is 0 Å². The molecule has 1 saturated carbocycles. The summed E-state index contributed by atoms with van der Waals surface area (Å²) in [7, 11) is 0.